The van der Waals surface area contributed by atoms with Crippen molar-refractivity contribution in [2.45, 2.75) is 39.5 Å². The van der Waals surface area contributed by atoms with Gasteiger partial charge in [-0.2, -0.15) is 0 Å². The average molecular weight is 401 g/mol. The molecule has 1 aromatic carbocycles. The van der Waals surface area contributed by atoms with Crippen molar-refractivity contribution in [1.29, 1.82) is 0 Å². The van der Waals surface area contributed by atoms with Crippen LogP contribution in [0.25, 0.3) is 0 Å². The molecule has 1 saturated heterocycles. The minimum Gasteiger partial charge on any atom is -0.372 e. The fourth-order valence-corrected chi connectivity index (χ4v) is 3.82. The van der Waals surface area contributed by atoms with Crippen LogP contribution in [-0.2, 0) is 16.1 Å². The summed E-state index contributed by atoms with van der Waals surface area (Å²) < 4.78 is 22.1. The molecule has 154 valence electrons. The quantitative estimate of drug-likeness (QED) is 0.839. The zero-order chi connectivity index (χ0) is 20.7. The molecule has 1 fully saturated rings. The maximum Gasteiger partial charge on any atom is 0.255 e. The number of fused-ring (bicyclic) bond motifs is 1. The van der Waals surface area contributed by atoms with Gasteiger partial charge >= 0.3 is 0 Å². The minimum atomic E-state index is -0.377. The van der Waals surface area contributed by atoms with E-state index < -0.39 is 0 Å². The van der Waals surface area contributed by atoms with E-state index in [1.54, 1.807) is 28.8 Å². The predicted molar refractivity (Wildman–Crippen MR) is 106 cm³/mol. The molecule has 1 amide bonds. The molecule has 0 radical (unpaired) electrons. The Kier molecular flexibility index (Phi) is 4.95. The van der Waals surface area contributed by atoms with Crippen molar-refractivity contribution in [1.82, 2.24) is 20.2 Å². The number of hydrogen-bond acceptors (Lipinski definition) is 7. The first-order valence-corrected chi connectivity index (χ1v) is 9.54. The highest BCUT2D eigenvalue weighted by Crippen LogP contribution is 2.28. The number of nitrogens with one attached hydrogen (secondary N) is 1. The lowest BCUT2D eigenvalue weighted by Gasteiger charge is -2.37. The number of morpholine rings is 1. The second-order valence-corrected chi connectivity index (χ2v) is 7.54. The van der Waals surface area contributed by atoms with Gasteiger partial charge in [-0.05, 0) is 49.4 Å². The molecular weight excluding hydrogens is 377 g/mol. The Morgan fingerprint density at radius 1 is 1.28 bits per heavy atom. The smallest absolute Gasteiger partial charge is 0.255 e. The Morgan fingerprint density at radius 3 is 2.69 bits per heavy atom. The van der Waals surface area contributed by atoms with Crippen LogP contribution >= 0.6 is 0 Å². The molecule has 2 aromatic rings. The van der Waals surface area contributed by atoms with Gasteiger partial charge in [-0.15, -0.1) is 0 Å². The number of amides is 1. The molecule has 0 bridgehead atoms. The molecule has 2 atom stereocenters. The lowest BCUT2D eigenvalue weighted by atomic mass is 10.1. The number of hydrogen-bond donors (Lipinski definition) is 1. The van der Waals surface area contributed by atoms with Crippen molar-refractivity contribution in [3.63, 3.8) is 0 Å². The number of carbonyl (C=O) groups excluding carboxylic acids is 1. The van der Waals surface area contributed by atoms with E-state index >= 15 is 0 Å². The van der Waals surface area contributed by atoms with Crippen molar-refractivity contribution in [3.05, 3.63) is 35.3 Å². The van der Waals surface area contributed by atoms with Crippen molar-refractivity contribution < 1.29 is 13.9 Å². The van der Waals surface area contributed by atoms with E-state index in [1.165, 1.54) is 6.07 Å². The van der Waals surface area contributed by atoms with Crippen molar-refractivity contribution in [2.75, 3.05) is 35.3 Å². The van der Waals surface area contributed by atoms with Crippen LogP contribution in [0.4, 0.5) is 21.7 Å². The fourth-order valence-electron chi connectivity index (χ4n) is 3.82. The molecule has 2 aliphatic rings. The fraction of sp³-hybridized carbons (Fsp3) is 0.474. The zero-order valence-electron chi connectivity index (χ0n) is 16.9. The van der Waals surface area contributed by atoms with E-state index in [-0.39, 0.29) is 30.5 Å². The molecular formula is C19H24FN7O2. The third-order valence-electron chi connectivity index (χ3n) is 5.30. The average Bonchev–Trinajstić information content (AvgIpc) is 3.12. The predicted octanol–water partition coefficient (Wildman–Crippen LogP) is 1.79. The first kappa shape index (κ1) is 19.3. The highest BCUT2D eigenvalue weighted by Gasteiger charge is 2.27. The summed E-state index contributed by atoms with van der Waals surface area (Å²) in [4.78, 5) is 16.5. The SMILES string of the molecule is CC1=C(C(=O)Nc2ccc(N3CC(C)OC(C)C3)c(F)c2)Cn2nnnc2N1C. The molecule has 1 aromatic heterocycles. The Morgan fingerprint density at radius 2 is 2.00 bits per heavy atom. The number of aromatic nitrogens is 4. The van der Waals surface area contributed by atoms with Gasteiger partial charge in [0.15, 0.2) is 0 Å². The highest BCUT2D eigenvalue weighted by molar-refractivity contribution is 6.04. The zero-order valence-corrected chi connectivity index (χ0v) is 16.9. The van der Waals surface area contributed by atoms with Crippen molar-refractivity contribution in [3.8, 4) is 0 Å². The molecule has 1 N–H and O–H groups in total. The Labute approximate surface area is 168 Å². The number of halogens is 1. The normalized spacial score (nSPS) is 22.0. The van der Waals surface area contributed by atoms with Gasteiger partial charge in [-0.1, -0.05) is 5.10 Å². The van der Waals surface area contributed by atoms with Crippen LogP contribution in [0.3, 0.4) is 0 Å². The lowest BCUT2D eigenvalue weighted by molar-refractivity contribution is -0.113. The summed E-state index contributed by atoms with van der Waals surface area (Å²) in [5.41, 5.74) is 2.18. The summed E-state index contributed by atoms with van der Waals surface area (Å²) in [5.74, 6) is -0.113. The van der Waals surface area contributed by atoms with Gasteiger partial charge in [0.2, 0.25) is 5.95 Å². The van der Waals surface area contributed by atoms with E-state index in [0.717, 1.165) is 5.70 Å². The Bertz CT molecular complexity index is 963. The highest BCUT2D eigenvalue weighted by atomic mass is 19.1. The van der Waals surface area contributed by atoms with Gasteiger partial charge in [0.1, 0.15) is 5.82 Å². The largest absolute Gasteiger partial charge is 0.372 e. The van der Waals surface area contributed by atoms with Crippen LogP contribution in [0, 0.1) is 5.82 Å². The number of ether oxygens (including phenoxy) is 1. The van der Waals surface area contributed by atoms with E-state index in [1.807, 2.05) is 25.7 Å². The van der Waals surface area contributed by atoms with Crippen LogP contribution in [0.15, 0.2) is 29.5 Å². The van der Waals surface area contributed by atoms with Crippen LogP contribution in [0.1, 0.15) is 20.8 Å². The van der Waals surface area contributed by atoms with Crippen LogP contribution in [0.2, 0.25) is 0 Å². The van der Waals surface area contributed by atoms with Crippen molar-refractivity contribution >= 4 is 23.2 Å². The van der Waals surface area contributed by atoms with Gasteiger partial charge in [0, 0.05) is 31.5 Å². The van der Waals surface area contributed by atoms with Crippen LogP contribution in [0.5, 0.6) is 0 Å². The summed E-state index contributed by atoms with van der Waals surface area (Å²) in [7, 11) is 1.79. The van der Waals surface area contributed by atoms with Gasteiger partial charge in [-0.25, -0.2) is 9.07 Å². The maximum atomic E-state index is 14.8. The minimum absolute atomic E-state index is 0.0342. The van der Waals surface area contributed by atoms with E-state index in [9.17, 15) is 9.18 Å². The number of rotatable bonds is 3. The summed E-state index contributed by atoms with van der Waals surface area (Å²) in [6.45, 7) is 7.29. The first-order chi connectivity index (χ1) is 13.8. The topological polar surface area (TPSA) is 88.4 Å². The molecule has 9 nitrogen and oxygen atoms in total. The summed E-state index contributed by atoms with van der Waals surface area (Å²) in [6.07, 6.45) is 0.0683. The molecule has 10 heteroatoms. The monoisotopic (exact) mass is 401 g/mol. The van der Waals surface area contributed by atoms with Gasteiger partial charge in [0.05, 0.1) is 30.0 Å². The number of tetrazole rings is 1. The molecule has 29 heavy (non-hydrogen) atoms. The second kappa shape index (κ2) is 7.43. The number of carbonyl (C=O) groups is 1. The molecule has 0 spiro atoms. The van der Waals surface area contributed by atoms with Crippen molar-refractivity contribution in [2.24, 2.45) is 0 Å². The maximum absolute atomic E-state index is 14.8. The standard InChI is InChI=1S/C19H24FN7O2/c1-11-8-26(9-12(2)29-11)17-6-5-14(7-16(17)20)21-18(28)15-10-27-19(22-23-24-27)25(4)13(15)3/h5-7,11-12H,8-10H2,1-4H3,(H,21,28). The molecule has 0 aliphatic carbocycles. The Balaban J connectivity index is 1.51. The summed E-state index contributed by atoms with van der Waals surface area (Å²) in [6, 6.07) is 4.76. The van der Waals surface area contributed by atoms with Gasteiger partial charge in [-0.3, -0.25) is 4.79 Å². The van der Waals surface area contributed by atoms with E-state index in [4.69, 9.17) is 4.74 Å². The summed E-state index contributed by atoms with van der Waals surface area (Å²) >= 11 is 0. The molecule has 0 saturated carbocycles. The van der Waals surface area contributed by atoms with Crippen LogP contribution < -0.4 is 15.1 Å². The third-order valence-corrected chi connectivity index (χ3v) is 5.30. The van der Waals surface area contributed by atoms with E-state index in [0.29, 0.717) is 36.0 Å². The number of allylic oxidation sites excluding steroid dienone is 1. The molecule has 4 rings (SSSR count). The van der Waals surface area contributed by atoms with Gasteiger partial charge in [0.25, 0.3) is 5.91 Å². The van der Waals surface area contributed by atoms with Crippen LogP contribution in [-0.4, -0.2) is 58.5 Å². The second-order valence-electron chi connectivity index (χ2n) is 7.54. The van der Waals surface area contributed by atoms with Gasteiger partial charge < -0.3 is 19.9 Å². The first-order valence-electron chi connectivity index (χ1n) is 9.54. The Hall–Kier alpha value is -3.01. The number of nitrogens with zero attached hydrogens (tertiary/aromatic N) is 6. The molecule has 2 unspecified atom stereocenters. The lowest BCUT2D eigenvalue weighted by Crippen LogP contribution is -2.45. The third kappa shape index (κ3) is 3.67. The summed E-state index contributed by atoms with van der Waals surface area (Å²) in [5, 5.41) is 14.3. The molecule has 3 heterocycles. The molecule has 2 aliphatic heterocycles. The number of benzene rings is 1. The number of anilines is 3. The van der Waals surface area contributed by atoms with E-state index in [2.05, 4.69) is 20.8 Å².